The highest BCUT2D eigenvalue weighted by atomic mass is 16.5. The number of morpholine rings is 1. The van der Waals surface area contributed by atoms with Crippen LogP contribution < -0.4 is 5.32 Å². The third-order valence-corrected chi connectivity index (χ3v) is 5.21. The lowest BCUT2D eigenvalue weighted by atomic mass is 9.58. The van der Waals surface area contributed by atoms with Crippen LogP contribution in [-0.2, 0) is 9.53 Å². The summed E-state index contributed by atoms with van der Waals surface area (Å²) < 4.78 is 11.1. The Morgan fingerprint density at radius 3 is 2.71 bits per heavy atom. The zero-order chi connectivity index (χ0) is 14.3. The van der Waals surface area contributed by atoms with Gasteiger partial charge in [0, 0.05) is 31.8 Å². The third-order valence-electron chi connectivity index (χ3n) is 5.21. The van der Waals surface area contributed by atoms with Crippen molar-refractivity contribution in [3.8, 4) is 0 Å². The Labute approximate surface area is 123 Å². The molecular formula is C15H21N3O3. The van der Waals surface area contributed by atoms with Gasteiger partial charge in [-0.05, 0) is 31.1 Å². The van der Waals surface area contributed by atoms with Gasteiger partial charge in [-0.2, -0.15) is 4.98 Å². The summed E-state index contributed by atoms with van der Waals surface area (Å²) in [4.78, 5) is 15.8. The smallest absolute Gasteiger partial charge is 0.229 e. The minimum Gasteiger partial charge on any atom is -0.367 e. The van der Waals surface area contributed by atoms with Gasteiger partial charge in [0.1, 0.15) is 11.9 Å². The van der Waals surface area contributed by atoms with Crippen LogP contribution in [0.5, 0.6) is 0 Å². The van der Waals surface area contributed by atoms with E-state index in [0.29, 0.717) is 29.5 Å². The first-order valence-corrected chi connectivity index (χ1v) is 7.92. The van der Waals surface area contributed by atoms with Crippen molar-refractivity contribution in [3.05, 3.63) is 11.7 Å². The molecule has 0 amide bonds. The fourth-order valence-electron chi connectivity index (χ4n) is 3.89. The molecule has 6 nitrogen and oxygen atoms in total. The SMILES string of the molecule is O=C1CC2(CCC(c3nc(C4CNCCO4)no3)CC2)C1. The Balaban J connectivity index is 1.39. The number of Topliss-reactive ketones (excluding diaryl/α,β-unsaturated/α-hetero) is 1. The summed E-state index contributed by atoms with van der Waals surface area (Å²) in [5.74, 6) is 2.19. The molecule has 2 heterocycles. The van der Waals surface area contributed by atoms with E-state index in [1.54, 1.807) is 0 Å². The monoisotopic (exact) mass is 291 g/mol. The van der Waals surface area contributed by atoms with Gasteiger partial charge in [-0.1, -0.05) is 5.16 Å². The lowest BCUT2D eigenvalue weighted by Crippen LogP contribution is -2.40. The minimum absolute atomic E-state index is 0.0876. The number of hydrogen-bond donors (Lipinski definition) is 1. The number of nitrogens with one attached hydrogen (secondary N) is 1. The summed E-state index contributed by atoms with van der Waals surface area (Å²) in [6, 6.07) is 0. The topological polar surface area (TPSA) is 77.2 Å². The predicted molar refractivity (Wildman–Crippen MR) is 73.7 cm³/mol. The fraction of sp³-hybridized carbons (Fsp3) is 0.800. The number of aromatic nitrogens is 2. The lowest BCUT2D eigenvalue weighted by molar-refractivity contribution is -0.134. The van der Waals surface area contributed by atoms with Crippen molar-refractivity contribution in [2.24, 2.45) is 5.41 Å². The van der Waals surface area contributed by atoms with Gasteiger partial charge in [0.2, 0.25) is 11.7 Å². The second-order valence-corrected chi connectivity index (χ2v) is 6.72. The Kier molecular flexibility index (Phi) is 3.30. The molecule has 3 aliphatic rings. The summed E-state index contributed by atoms with van der Waals surface area (Å²) in [5, 5.41) is 7.37. The molecule has 4 rings (SSSR count). The molecule has 1 spiro atoms. The average molecular weight is 291 g/mol. The van der Waals surface area contributed by atoms with E-state index in [1.165, 1.54) is 0 Å². The minimum atomic E-state index is -0.0876. The van der Waals surface area contributed by atoms with Crippen LogP contribution in [0.2, 0.25) is 0 Å². The molecule has 6 heteroatoms. The van der Waals surface area contributed by atoms with Gasteiger partial charge in [0.15, 0.2) is 0 Å². The Morgan fingerprint density at radius 1 is 1.24 bits per heavy atom. The van der Waals surface area contributed by atoms with E-state index in [0.717, 1.165) is 57.5 Å². The van der Waals surface area contributed by atoms with Crippen molar-refractivity contribution in [3.63, 3.8) is 0 Å². The van der Waals surface area contributed by atoms with Crippen LogP contribution in [0.3, 0.4) is 0 Å². The van der Waals surface area contributed by atoms with Gasteiger partial charge in [0.05, 0.1) is 6.61 Å². The number of ether oxygens (including phenoxy) is 1. The molecule has 1 saturated heterocycles. The van der Waals surface area contributed by atoms with E-state index in [4.69, 9.17) is 9.26 Å². The van der Waals surface area contributed by atoms with Crippen molar-refractivity contribution in [1.29, 1.82) is 0 Å². The number of ketones is 1. The molecular weight excluding hydrogens is 270 g/mol. The first kappa shape index (κ1) is 13.4. The molecule has 1 aromatic rings. The highest BCUT2D eigenvalue weighted by Gasteiger charge is 2.46. The van der Waals surface area contributed by atoms with Gasteiger partial charge in [-0.3, -0.25) is 4.79 Å². The number of carbonyl (C=O) groups excluding carboxylic acids is 1. The highest BCUT2D eigenvalue weighted by molar-refractivity contribution is 5.86. The predicted octanol–water partition coefficient (Wildman–Crippen LogP) is 1.74. The molecule has 1 aliphatic heterocycles. The van der Waals surface area contributed by atoms with E-state index in [-0.39, 0.29) is 6.10 Å². The fourth-order valence-corrected chi connectivity index (χ4v) is 3.89. The van der Waals surface area contributed by atoms with Crippen LogP contribution in [0.4, 0.5) is 0 Å². The number of rotatable bonds is 2. The normalized spacial score (nSPS) is 29.5. The van der Waals surface area contributed by atoms with Gasteiger partial charge in [-0.25, -0.2) is 0 Å². The summed E-state index contributed by atoms with van der Waals surface area (Å²) >= 11 is 0. The molecule has 114 valence electrons. The van der Waals surface area contributed by atoms with Crippen molar-refractivity contribution < 1.29 is 14.1 Å². The number of nitrogens with zero attached hydrogens (tertiary/aromatic N) is 2. The van der Waals surface area contributed by atoms with Crippen molar-refractivity contribution in [1.82, 2.24) is 15.5 Å². The molecule has 1 unspecified atom stereocenters. The molecule has 0 bridgehead atoms. The van der Waals surface area contributed by atoms with Crippen LogP contribution in [0.1, 0.15) is 62.3 Å². The van der Waals surface area contributed by atoms with E-state index in [9.17, 15) is 4.79 Å². The number of hydrogen-bond acceptors (Lipinski definition) is 6. The van der Waals surface area contributed by atoms with Crippen molar-refractivity contribution in [2.45, 2.75) is 50.5 Å². The molecule has 2 aliphatic carbocycles. The third kappa shape index (κ3) is 2.51. The summed E-state index contributed by atoms with van der Waals surface area (Å²) in [6.07, 6.45) is 5.82. The maximum absolute atomic E-state index is 11.2. The van der Waals surface area contributed by atoms with E-state index >= 15 is 0 Å². The molecule has 0 radical (unpaired) electrons. The van der Waals surface area contributed by atoms with E-state index in [1.807, 2.05) is 0 Å². The Bertz CT molecular complexity index is 518. The molecule has 0 aromatic carbocycles. The first-order valence-electron chi connectivity index (χ1n) is 7.92. The van der Waals surface area contributed by atoms with Crippen molar-refractivity contribution in [2.75, 3.05) is 19.7 Å². The number of carbonyl (C=O) groups is 1. The van der Waals surface area contributed by atoms with Crippen LogP contribution in [0, 0.1) is 5.41 Å². The first-order chi connectivity index (χ1) is 10.2. The Hall–Kier alpha value is -1.27. The highest BCUT2D eigenvalue weighted by Crippen LogP contribution is 2.52. The van der Waals surface area contributed by atoms with Crippen molar-refractivity contribution >= 4 is 5.78 Å². The molecule has 1 atom stereocenters. The molecule has 3 fully saturated rings. The van der Waals surface area contributed by atoms with Gasteiger partial charge in [0.25, 0.3) is 0 Å². The Morgan fingerprint density at radius 2 is 2.05 bits per heavy atom. The maximum atomic E-state index is 11.2. The van der Waals surface area contributed by atoms with E-state index < -0.39 is 0 Å². The zero-order valence-electron chi connectivity index (χ0n) is 12.1. The standard InChI is InChI=1S/C15H21N3O3/c19-11-7-15(8-11)3-1-10(2-4-15)14-17-13(18-21-14)12-9-16-5-6-20-12/h10,12,16H,1-9H2. The van der Waals surface area contributed by atoms with Crippen LogP contribution in [0.25, 0.3) is 0 Å². The maximum Gasteiger partial charge on any atom is 0.229 e. The van der Waals surface area contributed by atoms with Gasteiger partial charge >= 0.3 is 0 Å². The summed E-state index contributed by atoms with van der Waals surface area (Å²) in [6.45, 7) is 2.31. The largest absolute Gasteiger partial charge is 0.367 e. The molecule has 1 N–H and O–H groups in total. The second kappa shape index (κ2) is 5.18. The van der Waals surface area contributed by atoms with Gasteiger partial charge < -0.3 is 14.6 Å². The molecule has 1 aromatic heterocycles. The quantitative estimate of drug-likeness (QED) is 0.894. The average Bonchev–Trinajstić information content (AvgIpc) is 2.97. The van der Waals surface area contributed by atoms with Crippen LogP contribution in [0.15, 0.2) is 4.52 Å². The summed E-state index contributed by atoms with van der Waals surface area (Å²) in [5.41, 5.74) is 0.312. The molecule has 21 heavy (non-hydrogen) atoms. The second-order valence-electron chi connectivity index (χ2n) is 6.72. The summed E-state index contributed by atoms with van der Waals surface area (Å²) in [7, 11) is 0. The van der Waals surface area contributed by atoms with Crippen LogP contribution in [-0.4, -0.2) is 35.6 Å². The van der Waals surface area contributed by atoms with E-state index in [2.05, 4.69) is 15.5 Å². The molecule has 2 saturated carbocycles. The zero-order valence-corrected chi connectivity index (χ0v) is 12.1. The van der Waals surface area contributed by atoms with Gasteiger partial charge in [-0.15, -0.1) is 0 Å². The lowest BCUT2D eigenvalue weighted by Gasteiger charge is -2.45. The van der Waals surface area contributed by atoms with Crippen LogP contribution >= 0.6 is 0 Å².